The predicted octanol–water partition coefficient (Wildman–Crippen LogP) is 3.39. The Hall–Kier alpha value is -0.0800. The van der Waals surface area contributed by atoms with E-state index in [2.05, 4.69) is 25.1 Å². The molecule has 0 aromatic heterocycles. The molecule has 0 bridgehead atoms. The average Bonchev–Trinajstić information content (AvgIpc) is 2.04. The van der Waals surface area contributed by atoms with Crippen molar-refractivity contribution in [2.75, 3.05) is 0 Å². The first-order valence-electron chi connectivity index (χ1n) is 3.69. The topological polar surface area (TPSA) is 0 Å². The van der Waals surface area contributed by atoms with Gasteiger partial charge in [-0.1, -0.05) is 45.4 Å². The molecule has 0 saturated heterocycles. The second-order valence-electron chi connectivity index (χ2n) is 2.80. The summed E-state index contributed by atoms with van der Waals surface area (Å²) in [7, 11) is 3.92. The highest BCUT2D eigenvalue weighted by molar-refractivity contribution is 8.76. The number of benzene rings is 1. The van der Waals surface area contributed by atoms with E-state index in [1.165, 1.54) is 28.2 Å². The van der Waals surface area contributed by atoms with Crippen molar-refractivity contribution in [1.82, 2.24) is 0 Å². The second-order valence-corrected chi connectivity index (χ2v) is 5.26. The highest BCUT2D eigenvalue weighted by atomic mass is 33.1. The van der Waals surface area contributed by atoms with Crippen LogP contribution in [0, 0.1) is 6.92 Å². The molecule has 2 rings (SSSR count). The number of rotatable bonds is 0. The van der Waals surface area contributed by atoms with Gasteiger partial charge in [0.2, 0.25) is 0 Å². The molecule has 58 valence electrons. The van der Waals surface area contributed by atoms with E-state index in [0.29, 0.717) is 0 Å². The van der Waals surface area contributed by atoms with Crippen molar-refractivity contribution >= 4 is 21.6 Å². The Labute approximate surface area is 75.2 Å². The Bertz CT molecular complexity index is 268. The van der Waals surface area contributed by atoms with Crippen LogP contribution in [0.4, 0.5) is 0 Å². The van der Waals surface area contributed by atoms with Gasteiger partial charge in [-0.3, -0.25) is 0 Å². The van der Waals surface area contributed by atoms with E-state index in [0.717, 1.165) is 0 Å². The lowest BCUT2D eigenvalue weighted by molar-refractivity contribution is 1.25. The minimum absolute atomic E-state index is 1.18. The van der Waals surface area contributed by atoms with Crippen LogP contribution in [0.15, 0.2) is 18.2 Å². The maximum Gasteiger partial charge on any atom is 0.0292 e. The van der Waals surface area contributed by atoms with E-state index in [9.17, 15) is 0 Å². The lowest BCUT2D eigenvalue weighted by atomic mass is 10.1. The molecule has 1 aromatic rings. The summed E-state index contributed by atoms with van der Waals surface area (Å²) >= 11 is 0. The molecule has 0 radical (unpaired) electrons. The van der Waals surface area contributed by atoms with Crippen molar-refractivity contribution in [3.8, 4) is 0 Å². The van der Waals surface area contributed by atoms with Crippen LogP contribution >= 0.6 is 21.6 Å². The van der Waals surface area contributed by atoms with E-state index < -0.39 is 0 Å². The summed E-state index contributed by atoms with van der Waals surface area (Å²) in [6.45, 7) is 2.16. The van der Waals surface area contributed by atoms with E-state index >= 15 is 0 Å². The van der Waals surface area contributed by atoms with Crippen LogP contribution in [0.5, 0.6) is 0 Å². The summed E-state index contributed by atoms with van der Waals surface area (Å²) in [6.07, 6.45) is 0. The summed E-state index contributed by atoms with van der Waals surface area (Å²) in [5.41, 5.74) is 4.45. The highest BCUT2D eigenvalue weighted by Gasteiger charge is 2.08. The summed E-state index contributed by atoms with van der Waals surface area (Å²) in [6, 6.07) is 6.77. The third-order valence-corrected chi connectivity index (χ3v) is 4.11. The van der Waals surface area contributed by atoms with Crippen LogP contribution in [0.2, 0.25) is 0 Å². The van der Waals surface area contributed by atoms with Crippen molar-refractivity contribution in [1.29, 1.82) is 0 Å². The highest BCUT2D eigenvalue weighted by Crippen LogP contribution is 2.36. The molecule has 0 spiro atoms. The van der Waals surface area contributed by atoms with E-state index in [-0.39, 0.29) is 0 Å². The number of hydrogen-bond donors (Lipinski definition) is 0. The van der Waals surface area contributed by atoms with E-state index in [1.807, 2.05) is 21.6 Å². The van der Waals surface area contributed by atoms with Gasteiger partial charge in [-0.2, -0.15) is 0 Å². The predicted molar refractivity (Wildman–Crippen MR) is 53.8 cm³/mol. The first kappa shape index (κ1) is 7.56. The Morgan fingerprint density at radius 1 is 1.09 bits per heavy atom. The fourth-order valence-corrected chi connectivity index (χ4v) is 3.47. The molecule has 0 amide bonds. The smallest absolute Gasteiger partial charge is 0.0292 e. The molecule has 0 fully saturated rings. The number of hydrogen-bond acceptors (Lipinski definition) is 2. The molecular weight excluding hydrogens is 172 g/mol. The van der Waals surface area contributed by atoms with Gasteiger partial charge in [0.1, 0.15) is 0 Å². The molecular formula is C9H10S2. The molecule has 0 saturated carbocycles. The van der Waals surface area contributed by atoms with Gasteiger partial charge < -0.3 is 0 Å². The number of fused-ring (bicyclic) bond motifs is 1. The van der Waals surface area contributed by atoms with Gasteiger partial charge >= 0.3 is 0 Å². The van der Waals surface area contributed by atoms with Crippen LogP contribution in [0.25, 0.3) is 0 Å². The molecule has 0 unspecified atom stereocenters. The largest absolute Gasteiger partial charge is 0.0890 e. The normalized spacial score (nSPS) is 16.1. The maximum atomic E-state index is 2.31. The molecule has 1 heterocycles. The van der Waals surface area contributed by atoms with E-state index in [4.69, 9.17) is 0 Å². The van der Waals surface area contributed by atoms with Crippen molar-refractivity contribution in [2.24, 2.45) is 0 Å². The lowest BCUT2D eigenvalue weighted by Gasteiger charge is -2.14. The van der Waals surface area contributed by atoms with Gasteiger partial charge in [0.05, 0.1) is 0 Å². The SMILES string of the molecule is Cc1ccc2c(c1)CSSC2. The molecule has 2 heteroatoms. The van der Waals surface area contributed by atoms with Gasteiger partial charge in [-0.05, 0) is 18.1 Å². The molecule has 1 aliphatic heterocycles. The third kappa shape index (κ3) is 1.57. The minimum atomic E-state index is 1.18. The Balaban J connectivity index is 2.43. The number of aryl methyl sites for hydroxylation is 1. The molecule has 0 aliphatic carbocycles. The third-order valence-electron chi connectivity index (χ3n) is 1.87. The molecule has 0 atom stereocenters. The Kier molecular flexibility index (Phi) is 2.14. The molecule has 1 aliphatic rings. The van der Waals surface area contributed by atoms with Crippen LogP contribution in [0.3, 0.4) is 0 Å². The fraction of sp³-hybridized carbons (Fsp3) is 0.333. The molecule has 0 nitrogen and oxygen atoms in total. The summed E-state index contributed by atoms with van der Waals surface area (Å²) in [5.74, 6) is 2.36. The average molecular weight is 182 g/mol. The van der Waals surface area contributed by atoms with Gasteiger partial charge in [0.25, 0.3) is 0 Å². The van der Waals surface area contributed by atoms with Gasteiger partial charge in [0.15, 0.2) is 0 Å². The molecule has 0 N–H and O–H groups in total. The van der Waals surface area contributed by atoms with Gasteiger partial charge in [-0.25, -0.2) is 0 Å². The minimum Gasteiger partial charge on any atom is -0.0890 e. The molecule has 11 heavy (non-hydrogen) atoms. The zero-order valence-corrected chi connectivity index (χ0v) is 8.10. The zero-order valence-electron chi connectivity index (χ0n) is 6.46. The zero-order chi connectivity index (χ0) is 7.68. The van der Waals surface area contributed by atoms with Crippen molar-refractivity contribution in [3.63, 3.8) is 0 Å². The van der Waals surface area contributed by atoms with Crippen LogP contribution in [-0.4, -0.2) is 0 Å². The quantitative estimate of drug-likeness (QED) is 0.564. The van der Waals surface area contributed by atoms with Crippen molar-refractivity contribution in [2.45, 2.75) is 18.4 Å². The van der Waals surface area contributed by atoms with Crippen LogP contribution in [0.1, 0.15) is 16.7 Å². The molecule has 1 aromatic carbocycles. The fourth-order valence-electron chi connectivity index (χ4n) is 1.24. The van der Waals surface area contributed by atoms with Crippen LogP contribution < -0.4 is 0 Å². The summed E-state index contributed by atoms with van der Waals surface area (Å²) in [5, 5.41) is 0. The van der Waals surface area contributed by atoms with Gasteiger partial charge in [0, 0.05) is 11.5 Å². The summed E-state index contributed by atoms with van der Waals surface area (Å²) < 4.78 is 0. The first-order valence-corrected chi connectivity index (χ1v) is 6.18. The van der Waals surface area contributed by atoms with Gasteiger partial charge in [-0.15, -0.1) is 0 Å². The Morgan fingerprint density at radius 2 is 1.82 bits per heavy atom. The van der Waals surface area contributed by atoms with Crippen molar-refractivity contribution in [3.05, 3.63) is 34.9 Å². The lowest BCUT2D eigenvalue weighted by Crippen LogP contribution is -1.94. The second kappa shape index (κ2) is 3.11. The first-order chi connectivity index (χ1) is 5.36. The standard InChI is InChI=1S/C9H10S2/c1-7-2-3-8-5-10-11-6-9(8)4-7/h2-4H,5-6H2,1H3. The monoisotopic (exact) mass is 182 g/mol. The van der Waals surface area contributed by atoms with E-state index in [1.54, 1.807) is 0 Å². The van der Waals surface area contributed by atoms with Crippen molar-refractivity contribution < 1.29 is 0 Å². The summed E-state index contributed by atoms with van der Waals surface area (Å²) in [4.78, 5) is 0. The Morgan fingerprint density at radius 3 is 2.64 bits per heavy atom. The van der Waals surface area contributed by atoms with Crippen LogP contribution in [-0.2, 0) is 11.5 Å². The maximum absolute atomic E-state index is 2.31.